The number of aryl methyl sites for hydroxylation is 2. The molecule has 0 fully saturated rings. The SMILES string of the molecule is CCc1cccc(CC)c1NC(=O)CSc1nnc(CC(C)c2ccccc2)o1. The molecule has 0 aliphatic rings. The molecule has 1 unspecified atom stereocenters. The Morgan fingerprint density at radius 1 is 1.03 bits per heavy atom. The number of aromatic nitrogens is 2. The van der Waals surface area contributed by atoms with Gasteiger partial charge in [0.2, 0.25) is 11.8 Å². The summed E-state index contributed by atoms with van der Waals surface area (Å²) in [6.45, 7) is 6.32. The van der Waals surface area contributed by atoms with E-state index in [-0.39, 0.29) is 17.6 Å². The third-order valence-electron chi connectivity index (χ3n) is 4.89. The Balaban J connectivity index is 1.55. The molecule has 1 amide bonds. The normalized spacial score (nSPS) is 12.0. The fourth-order valence-electron chi connectivity index (χ4n) is 3.25. The second-order valence-corrected chi connectivity index (χ2v) is 7.90. The molecule has 0 saturated heterocycles. The van der Waals surface area contributed by atoms with E-state index >= 15 is 0 Å². The summed E-state index contributed by atoms with van der Waals surface area (Å²) >= 11 is 1.27. The summed E-state index contributed by atoms with van der Waals surface area (Å²) in [6.07, 6.45) is 2.43. The van der Waals surface area contributed by atoms with Gasteiger partial charge < -0.3 is 9.73 Å². The van der Waals surface area contributed by atoms with Crippen LogP contribution < -0.4 is 5.32 Å². The van der Waals surface area contributed by atoms with Gasteiger partial charge in [-0.25, -0.2) is 0 Å². The summed E-state index contributed by atoms with van der Waals surface area (Å²) in [5.74, 6) is 1.05. The van der Waals surface area contributed by atoms with Crippen molar-refractivity contribution in [2.45, 2.75) is 51.2 Å². The first-order valence-electron chi connectivity index (χ1n) is 10.0. The highest BCUT2D eigenvalue weighted by atomic mass is 32.2. The maximum atomic E-state index is 12.5. The van der Waals surface area contributed by atoms with Crippen molar-refractivity contribution >= 4 is 23.4 Å². The lowest BCUT2D eigenvalue weighted by Gasteiger charge is -2.14. The smallest absolute Gasteiger partial charge is 0.277 e. The van der Waals surface area contributed by atoms with Crippen LogP contribution in [0, 0.1) is 0 Å². The predicted octanol–water partition coefficient (Wildman–Crippen LogP) is 5.27. The van der Waals surface area contributed by atoms with E-state index < -0.39 is 0 Å². The summed E-state index contributed by atoms with van der Waals surface area (Å²) in [5.41, 5.74) is 4.47. The van der Waals surface area contributed by atoms with Crippen molar-refractivity contribution in [2.24, 2.45) is 0 Å². The van der Waals surface area contributed by atoms with Gasteiger partial charge in [-0.15, -0.1) is 10.2 Å². The van der Waals surface area contributed by atoms with Gasteiger partial charge in [0.15, 0.2) is 0 Å². The Labute approximate surface area is 176 Å². The number of para-hydroxylation sites is 1. The molecule has 0 saturated carbocycles. The lowest BCUT2D eigenvalue weighted by Crippen LogP contribution is -2.16. The zero-order valence-electron chi connectivity index (χ0n) is 17.1. The maximum Gasteiger partial charge on any atom is 0.277 e. The molecule has 3 rings (SSSR count). The highest BCUT2D eigenvalue weighted by Crippen LogP contribution is 2.25. The first-order chi connectivity index (χ1) is 14.1. The van der Waals surface area contributed by atoms with Crippen LogP contribution in [-0.2, 0) is 24.1 Å². The van der Waals surface area contributed by atoms with Crippen LogP contribution in [-0.4, -0.2) is 21.9 Å². The number of carbonyl (C=O) groups excluding carboxylic acids is 1. The van der Waals surface area contributed by atoms with Crippen LogP contribution in [0.25, 0.3) is 0 Å². The van der Waals surface area contributed by atoms with Crippen LogP contribution in [0.3, 0.4) is 0 Å². The minimum Gasteiger partial charge on any atom is -0.416 e. The van der Waals surface area contributed by atoms with Gasteiger partial charge in [0.05, 0.1) is 5.75 Å². The molecule has 1 N–H and O–H groups in total. The van der Waals surface area contributed by atoms with Crippen LogP contribution in [0.5, 0.6) is 0 Å². The van der Waals surface area contributed by atoms with E-state index in [1.54, 1.807) is 0 Å². The number of nitrogens with zero attached hydrogens (tertiary/aromatic N) is 2. The van der Waals surface area contributed by atoms with Gasteiger partial charge in [0.1, 0.15) is 0 Å². The number of anilines is 1. The summed E-state index contributed by atoms with van der Waals surface area (Å²) in [7, 11) is 0. The number of amides is 1. The van der Waals surface area contributed by atoms with Crippen LogP contribution in [0.1, 0.15) is 49.3 Å². The molecule has 5 nitrogen and oxygen atoms in total. The molecule has 152 valence electrons. The largest absolute Gasteiger partial charge is 0.416 e. The molecular weight excluding hydrogens is 382 g/mol. The van der Waals surface area contributed by atoms with Gasteiger partial charge in [0, 0.05) is 12.1 Å². The molecule has 1 aromatic heterocycles. The maximum absolute atomic E-state index is 12.5. The Morgan fingerprint density at radius 2 is 1.72 bits per heavy atom. The molecule has 1 atom stereocenters. The van der Waals surface area contributed by atoms with Crippen molar-refractivity contribution in [2.75, 3.05) is 11.1 Å². The van der Waals surface area contributed by atoms with Crippen LogP contribution in [0.2, 0.25) is 0 Å². The average molecular weight is 410 g/mol. The summed E-state index contributed by atoms with van der Waals surface area (Å²) in [5, 5.41) is 11.7. The van der Waals surface area contributed by atoms with Gasteiger partial charge in [-0.2, -0.15) is 0 Å². The van der Waals surface area contributed by atoms with Gasteiger partial charge in [-0.3, -0.25) is 4.79 Å². The van der Waals surface area contributed by atoms with Crippen LogP contribution in [0.15, 0.2) is 58.2 Å². The Morgan fingerprint density at radius 3 is 2.38 bits per heavy atom. The lowest BCUT2D eigenvalue weighted by molar-refractivity contribution is -0.113. The number of hydrogen-bond acceptors (Lipinski definition) is 5. The molecule has 29 heavy (non-hydrogen) atoms. The van der Waals surface area contributed by atoms with Gasteiger partial charge >= 0.3 is 0 Å². The molecule has 0 radical (unpaired) electrons. The molecule has 3 aromatic rings. The van der Waals surface area contributed by atoms with Crippen molar-refractivity contribution in [3.8, 4) is 0 Å². The number of hydrogen-bond donors (Lipinski definition) is 1. The zero-order chi connectivity index (χ0) is 20.6. The number of nitrogens with one attached hydrogen (secondary N) is 1. The second kappa shape index (κ2) is 10.3. The summed E-state index contributed by atoms with van der Waals surface area (Å²) in [6, 6.07) is 16.4. The van der Waals surface area contributed by atoms with Crippen molar-refractivity contribution in [1.82, 2.24) is 10.2 Å². The van der Waals surface area contributed by atoms with Crippen LogP contribution >= 0.6 is 11.8 Å². The van der Waals surface area contributed by atoms with Gasteiger partial charge in [0.25, 0.3) is 5.22 Å². The van der Waals surface area contributed by atoms with E-state index in [4.69, 9.17) is 4.42 Å². The van der Waals surface area contributed by atoms with E-state index in [2.05, 4.69) is 60.6 Å². The monoisotopic (exact) mass is 409 g/mol. The topological polar surface area (TPSA) is 68.0 Å². The van der Waals surface area contributed by atoms with E-state index in [1.807, 2.05) is 24.3 Å². The fourth-order valence-corrected chi connectivity index (χ4v) is 3.83. The fraction of sp³-hybridized carbons (Fsp3) is 0.348. The molecule has 6 heteroatoms. The third kappa shape index (κ3) is 5.70. The molecular formula is C23H27N3O2S. The predicted molar refractivity (Wildman–Crippen MR) is 117 cm³/mol. The minimum absolute atomic E-state index is 0.0667. The summed E-state index contributed by atoms with van der Waals surface area (Å²) < 4.78 is 5.73. The Hall–Kier alpha value is -2.60. The van der Waals surface area contributed by atoms with Crippen molar-refractivity contribution in [3.05, 3.63) is 71.1 Å². The van der Waals surface area contributed by atoms with Gasteiger partial charge in [-0.05, 0) is 35.4 Å². The number of benzene rings is 2. The first kappa shape index (κ1) is 21.1. The standard InChI is InChI=1S/C23H27N3O2S/c1-4-17-12-9-13-18(5-2)22(17)24-20(27)15-29-23-26-25-21(28-23)14-16(3)19-10-7-6-8-11-19/h6-13,16H,4-5,14-15H2,1-3H3,(H,24,27). The van der Waals surface area contributed by atoms with E-state index in [0.717, 1.165) is 29.7 Å². The first-order valence-corrected chi connectivity index (χ1v) is 11.0. The van der Waals surface area contributed by atoms with E-state index in [1.165, 1.54) is 17.3 Å². The van der Waals surface area contributed by atoms with Gasteiger partial charge in [-0.1, -0.05) is 81.1 Å². The second-order valence-electron chi connectivity index (χ2n) is 6.97. The third-order valence-corrected chi connectivity index (χ3v) is 5.71. The molecule has 2 aromatic carbocycles. The van der Waals surface area contributed by atoms with Crippen molar-refractivity contribution < 1.29 is 9.21 Å². The summed E-state index contributed by atoms with van der Waals surface area (Å²) in [4.78, 5) is 12.5. The zero-order valence-corrected chi connectivity index (χ0v) is 18.0. The van der Waals surface area contributed by atoms with Crippen molar-refractivity contribution in [1.29, 1.82) is 0 Å². The quantitative estimate of drug-likeness (QED) is 0.488. The molecule has 1 heterocycles. The molecule has 0 spiro atoms. The number of thioether (sulfide) groups is 1. The Kier molecular flexibility index (Phi) is 7.47. The average Bonchev–Trinajstić information content (AvgIpc) is 3.20. The van der Waals surface area contributed by atoms with Crippen molar-refractivity contribution in [3.63, 3.8) is 0 Å². The minimum atomic E-state index is -0.0667. The Bertz CT molecular complexity index is 918. The highest BCUT2D eigenvalue weighted by Gasteiger charge is 2.15. The van der Waals surface area contributed by atoms with Crippen LogP contribution in [0.4, 0.5) is 5.69 Å². The molecule has 0 aliphatic heterocycles. The molecule has 0 aliphatic carbocycles. The lowest BCUT2D eigenvalue weighted by atomic mass is 9.98. The van der Waals surface area contributed by atoms with E-state index in [0.29, 0.717) is 17.5 Å². The number of rotatable bonds is 9. The van der Waals surface area contributed by atoms with E-state index in [9.17, 15) is 4.79 Å². The molecule has 0 bridgehead atoms. The number of carbonyl (C=O) groups is 1. The highest BCUT2D eigenvalue weighted by molar-refractivity contribution is 7.99.